The molecule has 0 bridgehead atoms. The minimum absolute atomic E-state index is 0.116. The van der Waals surface area contributed by atoms with Crippen molar-refractivity contribution >= 4 is 37.5 Å². The molecule has 0 aliphatic carbocycles. The number of halogens is 2. The zero-order valence-electron chi connectivity index (χ0n) is 12.7. The van der Waals surface area contributed by atoms with E-state index in [2.05, 4.69) is 36.8 Å². The summed E-state index contributed by atoms with van der Waals surface area (Å²) in [6.07, 6.45) is 1.82. The standard InChI is InChI=1S/C17H16Br2N2O2/c1-3-13-15(21-5-4-9(2)6-14(21)20-13)16(22)10-7-11(18)17(23)12(19)8-10/h4-8,16,22-23H,3H2,1-2H3. The number of rotatable bonds is 3. The van der Waals surface area contributed by atoms with Crippen molar-refractivity contribution < 1.29 is 10.2 Å². The van der Waals surface area contributed by atoms with E-state index >= 15 is 0 Å². The predicted molar refractivity (Wildman–Crippen MR) is 96.9 cm³/mol. The van der Waals surface area contributed by atoms with Gasteiger partial charge in [0.1, 0.15) is 17.5 Å². The summed E-state index contributed by atoms with van der Waals surface area (Å²) in [5.74, 6) is 0.116. The molecule has 0 saturated carbocycles. The first-order valence-electron chi connectivity index (χ1n) is 7.25. The van der Waals surface area contributed by atoms with Crippen molar-refractivity contribution in [2.45, 2.75) is 26.4 Å². The summed E-state index contributed by atoms with van der Waals surface area (Å²) in [7, 11) is 0. The number of phenolic OH excluding ortho intramolecular Hbond substituents is 1. The molecule has 2 aromatic heterocycles. The number of benzene rings is 1. The number of aromatic nitrogens is 2. The van der Waals surface area contributed by atoms with Crippen LogP contribution in [-0.4, -0.2) is 19.6 Å². The Morgan fingerprint density at radius 2 is 1.87 bits per heavy atom. The number of aryl methyl sites for hydroxylation is 2. The van der Waals surface area contributed by atoms with Crippen LogP contribution in [0.2, 0.25) is 0 Å². The Balaban J connectivity index is 2.19. The average molecular weight is 440 g/mol. The second-order valence-corrected chi connectivity index (χ2v) is 7.17. The normalized spacial score (nSPS) is 12.7. The van der Waals surface area contributed by atoms with Gasteiger partial charge in [-0.25, -0.2) is 4.98 Å². The van der Waals surface area contributed by atoms with E-state index in [1.165, 1.54) is 0 Å². The van der Waals surface area contributed by atoms with Gasteiger partial charge in [0, 0.05) is 6.20 Å². The van der Waals surface area contributed by atoms with Gasteiger partial charge in [0.05, 0.1) is 20.3 Å². The Labute approximate surface area is 151 Å². The van der Waals surface area contributed by atoms with Crippen LogP contribution in [0.5, 0.6) is 5.75 Å². The highest BCUT2D eigenvalue weighted by Gasteiger charge is 2.22. The van der Waals surface area contributed by atoms with E-state index in [9.17, 15) is 10.2 Å². The minimum Gasteiger partial charge on any atom is -0.506 e. The molecule has 23 heavy (non-hydrogen) atoms. The Morgan fingerprint density at radius 1 is 1.22 bits per heavy atom. The van der Waals surface area contributed by atoms with Crippen LogP contribution in [0, 0.1) is 6.92 Å². The third-order valence-electron chi connectivity index (χ3n) is 3.84. The quantitative estimate of drug-likeness (QED) is 0.630. The molecule has 3 rings (SSSR count). The van der Waals surface area contributed by atoms with Crippen LogP contribution < -0.4 is 0 Å². The van der Waals surface area contributed by atoms with Crippen molar-refractivity contribution in [1.82, 2.24) is 9.38 Å². The minimum atomic E-state index is -0.837. The molecule has 0 radical (unpaired) electrons. The molecule has 0 aliphatic rings. The monoisotopic (exact) mass is 438 g/mol. The van der Waals surface area contributed by atoms with Gasteiger partial charge in [0.2, 0.25) is 0 Å². The lowest BCUT2D eigenvalue weighted by Gasteiger charge is -2.15. The maximum Gasteiger partial charge on any atom is 0.143 e. The maximum absolute atomic E-state index is 10.9. The molecule has 1 unspecified atom stereocenters. The molecule has 120 valence electrons. The number of nitrogens with zero attached hydrogens (tertiary/aromatic N) is 2. The third-order valence-corrected chi connectivity index (χ3v) is 5.05. The van der Waals surface area contributed by atoms with E-state index in [-0.39, 0.29) is 5.75 Å². The Morgan fingerprint density at radius 3 is 2.48 bits per heavy atom. The van der Waals surface area contributed by atoms with Crippen LogP contribution >= 0.6 is 31.9 Å². The zero-order chi connectivity index (χ0) is 16.7. The van der Waals surface area contributed by atoms with Crippen molar-refractivity contribution in [3.8, 4) is 5.75 Å². The fraction of sp³-hybridized carbons (Fsp3) is 0.235. The highest BCUT2D eigenvalue weighted by atomic mass is 79.9. The van der Waals surface area contributed by atoms with Gasteiger partial charge in [0.15, 0.2) is 0 Å². The first-order valence-corrected chi connectivity index (χ1v) is 8.84. The second kappa shape index (κ2) is 6.26. The number of imidazole rings is 1. The lowest BCUT2D eigenvalue weighted by atomic mass is 10.0. The molecule has 0 saturated heterocycles. The smallest absolute Gasteiger partial charge is 0.143 e. The van der Waals surface area contributed by atoms with Gasteiger partial charge in [-0.2, -0.15) is 0 Å². The van der Waals surface area contributed by atoms with Gasteiger partial charge in [-0.05, 0) is 80.6 Å². The highest BCUT2D eigenvalue weighted by Crippen LogP contribution is 2.37. The molecular weight excluding hydrogens is 424 g/mol. The van der Waals surface area contributed by atoms with E-state index in [1.54, 1.807) is 12.1 Å². The summed E-state index contributed by atoms with van der Waals surface area (Å²) in [6.45, 7) is 4.04. The molecule has 0 aliphatic heterocycles. The van der Waals surface area contributed by atoms with Crippen LogP contribution in [-0.2, 0) is 6.42 Å². The van der Waals surface area contributed by atoms with E-state index < -0.39 is 6.10 Å². The summed E-state index contributed by atoms with van der Waals surface area (Å²) in [5, 5.41) is 20.8. The summed E-state index contributed by atoms with van der Waals surface area (Å²) in [5.41, 5.74) is 4.25. The van der Waals surface area contributed by atoms with Crippen molar-refractivity contribution in [2.24, 2.45) is 0 Å². The number of aromatic hydroxyl groups is 1. The van der Waals surface area contributed by atoms with Crippen molar-refractivity contribution in [3.63, 3.8) is 0 Å². The molecule has 2 N–H and O–H groups in total. The number of hydrogen-bond acceptors (Lipinski definition) is 3. The molecule has 1 atom stereocenters. The molecule has 0 spiro atoms. The van der Waals surface area contributed by atoms with Crippen LogP contribution in [0.3, 0.4) is 0 Å². The lowest BCUT2D eigenvalue weighted by molar-refractivity contribution is 0.213. The molecule has 0 amide bonds. The Kier molecular flexibility index (Phi) is 4.49. The molecule has 6 heteroatoms. The van der Waals surface area contributed by atoms with Gasteiger partial charge in [0.25, 0.3) is 0 Å². The number of hydrogen-bond donors (Lipinski definition) is 2. The average Bonchev–Trinajstić information content (AvgIpc) is 2.88. The molecule has 0 fully saturated rings. The zero-order valence-corrected chi connectivity index (χ0v) is 15.9. The predicted octanol–water partition coefficient (Wildman–Crippen LogP) is 4.52. The molecule has 4 nitrogen and oxygen atoms in total. The number of pyridine rings is 1. The molecule has 2 heterocycles. The maximum atomic E-state index is 10.9. The van der Waals surface area contributed by atoms with E-state index in [4.69, 9.17) is 0 Å². The first-order chi connectivity index (χ1) is 10.9. The van der Waals surface area contributed by atoms with E-state index in [0.717, 1.165) is 29.0 Å². The lowest BCUT2D eigenvalue weighted by Crippen LogP contribution is -2.06. The van der Waals surface area contributed by atoms with Gasteiger partial charge in [-0.1, -0.05) is 6.92 Å². The number of aliphatic hydroxyl groups excluding tert-OH is 1. The molecule has 1 aromatic carbocycles. The number of fused-ring (bicyclic) bond motifs is 1. The van der Waals surface area contributed by atoms with E-state index in [1.807, 2.05) is 36.6 Å². The Bertz CT molecular complexity index is 867. The first kappa shape index (κ1) is 16.5. The van der Waals surface area contributed by atoms with Crippen LogP contribution in [0.4, 0.5) is 0 Å². The van der Waals surface area contributed by atoms with Gasteiger partial charge >= 0.3 is 0 Å². The highest BCUT2D eigenvalue weighted by molar-refractivity contribution is 9.11. The van der Waals surface area contributed by atoms with Crippen LogP contribution in [0.1, 0.15) is 35.5 Å². The largest absolute Gasteiger partial charge is 0.506 e. The Hall–Kier alpha value is -1.37. The van der Waals surface area contributed by atoms with Gasteiger partial charge in [-0.3, -0.25) is 0 Å². The van der Waals surface area contributed by atoms with Gasteiger partial charge in [-0.15, -0.1) is 0 Å². The molecule has 3 aromatic rings. The summed E-state index contributed by atoms with van der Waals surface area (Å²) in [4.78, 5) is 4.63. The number of phenols is 1. The third kappa shape index (κ3) is 2.91. The number of aliphatic hydroxyl groups is 1. The van der Waals surface area contributed by atoms with Crippen molar-refractivity contribution in [2.75, 3.05) is 0 Å². The summed E-state index contributed by atoms with van der Waals surface area (Å²) in [6, 6.07) is 7.43. The molecular formula is C17H16Br2N2O2. The topological polar surface area (TPSA) is 57.8 Å². The summed E-state index contributed by atoms with van der Waals surface area (Å²) < 4.78 is 2.98. The van der Waals surface area contributed by atoms with E-state index in [0.29, 0.717) is 14.5 Å². The van der Waals surface area contributed by atoms with Crippen molar-refractivity contribution in [3.05, 3.63) is 61.9 Å². The second-order valence-electron chi connectivity index (χ2n) is 5.47. The fourth-order valence-corrected chi connectivity index (χ4v) is 3.89. The fourth-order valence-electron chi connectivity index (χ4n) is 2.66. The van der Waals surface area contributed by atoms with Crippen LogP contribution in [0.15, 0.2) is 39.4 Å². The summed E-state index contributed by atoms with van der Waals surface area (Å²) >= 11 is 6.62. The van der Waals surface area contributed by atoms with Crippen molar-refractivity contribution in [1.29, 1.82) is 0 Å². The SMILES string of the molecule is CCc1nc2cc(C)ccn2c1C(O)c1cc(Br)c(O)c(Br)c1. The van der Waals surface area contributed by atoms with Crippen LogP contribution in [0.25, 0.3) is 5.65 Å². The van der Waals surface area contributed by atoms with Gasteiger partial charge < -0.3 is 14.6 Å².